The number of hydrogen-bond donors (Lipinski definition) is 2. The van der Waals surface area contributed by atoms with Crippen LogP contribution in [-0.4, -0.2) is 4.98 Å². The van der Waals surface area contributed by atoms with Crippen LogP contribution in [0.5, 0.6) is 0 Å². The third kappa shape index (κ3) is 2.53. The molecule has 0 atom stereocenters. The van der Waals surface area contributed by atoms with Gasteiger partial charge in [0, 0.05) is 11.8 Å². The lowest BCUT2D eigenvalue weighted by Gasteiger charge is -2.08. The van der Waals surface area contributed by atoms with E-state index in [2.05, 4.69) is 10.3 Å². The molecule has 1 aromatic carbocycles. The molecular formula is C12H10F3N3. The van der Waals surface area contributed by atoms with Gasteiger partial charge in [-0.1, -0.05) is 0 Å². The first-order valence-electron chi connectivity index (χ1n) is 5.11. The maximum Gasteiger partial charge on any atom is 0.169 e. The Balaban J connectivity index is 2.36. The molecule has 0 aliphatic heterocycles. The minimum absolute atomic E-state index is 0.251. The highest BCUT2D eigenvalue weighted by Gasteiger charge is 2.10. The molecule has 0 spiro atoms. The van der Waals surface area contributed by atoms with Gasteiger partial charge in [-0.05, 0) is 30.7 Å². The number of pyridine rings is 1. The molecule has 18 heavy (non-hydrogen) atoms. The Bertz CT molecular complexity index is 579. The quantitative estimate of drug-likeness (QED) is 0.864. The lowest BCUT2D eigenvalue weighted by atomic mass is 10.2. The highest BCUT2D eigenvalue weighted by atomic mass is 19.1. The van der Waals surface area contributed by atoms with Crippen molar-refractivity contribution in [3.63, 3.8) is 0 Å². The number of hydrogen-bond acceptors (Lipinski definition) is 3. The summed E-state index contributed by atoms with van der Waals surface area (Å²) in [5.74, 6) is -2.98. The maximum absolute atomic E-state index is 13.4. The van der Waals surface area contributed by atoms with Crippen LogP contribution in [0, 0.1) is 24.4 Å². The van der Waals surface area contributed by atoms with Gasteiger partial charge in [-0.3, -0.25) is 0 Å². The second-order valence-corrected chi connectivity index (χ2v) is 3.83. The molecule has 0 fully saturated rings. The van der Waals surface area contributed by atoms with Gasteiger partial charge >= 0.3 is 0 Å². The zero-order valence-corrected chi connectivity index (χ0v) is 9.47. The van der Waals surface area contributed by atoms with Crippen molar-refractivity contribution in [2.45, 2.75) is 6.92 Å². The third-order valence-corrected chi connectivity index (χ3v) is 2.26. The van der Waals surface area contributed by atoms with Crippen molar-refractivity contribution >= 4 is 17.3 Å². The Morgan fingerprint density at radius 2 is 1.78 bits per heavy atom. The molecule has 6 heteroatoms. The van der Waals surface area contributed by atoms with Crippen LogP contribution in [0.4, 0.5) is 30.5 Å². The Morgan fingerprint density at radius 3 is 2.44 bits per heavy atom. The number of nitrogens with two attached hydrogens (primary N) is 1. The number of rotatable bonds is 2. The number of halogens is 3. The summed E-state index contributed by atoms with van der Waals surface area (Å²) >= 11 is 0. The molecule has 0 unspecified atom stereocenters. The van der Waals surface area contributed by atoms with Crippen molar-refractivity contribution in [3.8, 4) is 0 Å². The Labute approximate surface area is 101 Å². The fourth-order valence-corrected chi connectivity index (χ4v) is 1.51. The first-order chi connectivity index (χ1) is 8.45. The molecule has 0 amide bonds. The molecule has 0 saturated heterocycles. The summed E-state index contributed by atoms with van der Waals surface area (Å²) < 4.78 is 39.5. The highest BCUT2D eigenvalue weighted by molar-refractivity contribution is 5.59. The number of nitrogens with zero attached hydrogens (tertiary/aromatic N) is 1. The average molecular weight is 253 g/mol. The molecule has 0 saturated carbocycles. The van der Waals surface area contributed by atoms with Gasteiger partial charge in [-0.25, -0.2) is 18.2 Å². The number of nitrogen functional groups attached to an aromatic ring is 1. The molecule has 1 aromatic heterocycles. The summed E-state index contributed by atoms with van der Waals surface area (Å²) in [5.41, 5.74) is 6.21. The summed E-state index contributed by atoms with van der Waals surface area (Å²) in [6, 6.07) is 4.72. The minimum Gasteiger partial charge on any atom is -0.381 e. The Kier molecular flexibility index (Phi) is 3.10. The van der Waals surface area contributed by atoms with Gasteiger partial charge in [0.15, 0.2) is 23.3 Å². The maximum atomic E-state index is 13.4. The van der Waals surface area contributed by atoms with E-state index in [0.717, 1.165) is 0 Å². The normalized spacial score (nSPS) is 10.4. The average Bonchev–Trinajstić information content (AvgIpc) is 2.24. The summed E-state index contributed by atoms with van der Waals surface area (Å²) in [5, 5.41) is 2.55. The lowest BCUT2D eigenvalue weighted by Crippen LogP contribution is -2.03. The van der Waals surface area contributed by atoms with E-state index in [1.807, 2.05) is 0 Å². The van der Waals surface area contributed by atoms with Crippen LogP contribution in [0.1, 0.15) is 5.56 Å². The standard InChI is InChI=1S/C12H10F3N3/c1-6-2-7(13)4-8(3-6)17-12-10(15)5-9(14)11(16)18-12/h2-5H,1H3,(H3,16,17,18). The number of anilines is 3. The van der Waals surface area contributed by atoms with Crippen LogP contribution in [0.3, 0.4) is 0 Å². The van der Waals surface area contributed by atoms with E-state index >= 15 is 0 Å². The van der Waals surface area contributed by atoms with Gasteiger partial charge in [0.25, 0.3) is 0 Å². The summed E-state index contributed by atoms with van der Waals surface area (Å²) in [4.78, 5) is 3.52. The fourth-order valence-electron chi connectivity index (χ4n) is 1.51. The topological polar surface area (TPSA) is 50.9 Å². The fraction of sp³-hybridized carbons (Fsp3) is 0.0833. The van der Waals surface area contributed by atoms with E-state index < -0.39 is 23.3 Å². The number of benzene rings is 1. The van der Waals surface area contributed by atoms with Gasteiger partial charge in [-0.2, -0.15) is 0 Å². The summed E-state index contributed by atoms with van der Waals surface area (Å²) in [6.07, 6.45) is 0. The largest absolute Gasteiger partial charge is 0.381 e. The molecule has 3 N–H and O–H groups in total. The Hall–Kier alpha value is -2.24. The van der Waals surface area contributed by atoms with E-state index in [1.165, 1.54) is 12.1 Å². The van der Waals surface area contributed by atoms with Crippen LogP contribution >= 0.6 is 0 Å². The first kappa shape index (κ1) is 12.2. The molecule has 1 heterocycles. The molecule has 0 aliphatic carbocycles. The van der Waals surface area contributed by atoms with Crippen molar-refractivity contribution in [3.05, 3.63) is 47.3 Å². The van der Waals surface area contributed by atoms with Gasteiger partial charge < -0.3 is 11.1 Å². The zero-order chi connectivity index (χ0) is 13.3. The van der Waals surface area contributed by atoms with Crippen molar-refractivity contribution < 1.29 is 13.2 Å². The predicted octanol–water partition coefficient (Wildman–Crippen LogP) is 3.13. The van der Waals surface area contributed by atoms with Crippen molar-refractivity contribution in [1.82, 2.24) is 4.98 Å². The van der Waals surface area contributed by atoms with E-state index in [-0.39, 0.29) is 5.82 Å². The molecule has 3 nitrogen and oxygen atoms in total. The molecule has 2 aromatic rings. The zero-order valence-electron chi connectivity index (χ0n) is 9.47. The van der Waals surface area contributed by atoms with Crippen LogP contribution in [-0.2, 0) is 0 Å². The molecule has 0 bridgehead atoms. The van der Waals surface area contributed by atoms with Crippen LogP contribution in [0.15, 0.2) is 24.3 Å². The smallest absolute Gasteiger partial charge is 0.169 e. The molecular weight excluding hydrogens is 243 g/mol. The van der Waals surface area contributed by atoms with Crippen molar-refractivity contribution in [2.24, 2.45) is 0 Å². The second kappa shape index (κ2) is 4.56. The highest BCUT2D eigenvalue weighted by Crippen LogP contribution is 2.22. The van der Waals surface area contributed by atoms with Gasteiger partial charge in [-0.15, -0.1) is 0 Å². The predicted molar refractivity (Wildman–Crippen MR) is 63.0 cm³/mol. The summed E-state index contributed by atoms with van der Waals surface area (Å²) in [6.45, 7) is 1.69. The number of nitrogens with one attached hydrogen (secondary N) is 1. The minimum atomic E-state index is -0.937. The SMILES string of the molecule is Cc1cc(F)cc(Nc2nc(N)c(F)cc2F)c1. The molecule has 2 rings (SSSR count). The van der Waals surface area contributed by atoms with E-state index in [0.29, 0.717) is 17.3 Å². The molecule has 0 radical (unpaired) electrons. The van der Waals surface area contributed by atoms with E-state index in [9.17, 15) is 13.2 Å². The first-order valence-corrected chi connectivity index (χ1v) is 5.11. The second-order valence-electron chi connectivity index (χ2n) is 3.83. The van der Waals surface area contributed by atoms with E-state index in [4.69, 9.17) is 5.73 Å². The van der Waals surface area contributed by atoms with Gasteiger partial charge in [0.05, 0.1) is 0 Å². The van der Waals surface area contributed by atoms with Crippen LogP contribution in [0.2, 0.25) is 0 Å². The van der Waals surface area contributed by atoms with Crippen molar-refractivity contribution in [1.29, 1.82) is 0 Å². The summed E-state index contributed by atoms with van der Waals surface area (Å²) in [7, 11) is 0. The monoisotopic (exact) mass is 253 g/mol. The molecule has 94 valence electrons. The van der Waals surface area contributed by atoms with Crippen LogP contribution < -0.4 is 11.1 Å². The van der Waals surface area contributed by atoms with Gasteiger partial charge in [0.1, 0.15) is 5.82 Å². The van der Waals surface area contributed by atoms with E-state index in [1.54, 1.807) is 13.0 Å². The number of aryl methyl sites for hydroxylation is 1. The number of aromatic nitrogens is 1. The van der Waals surface area contributed by atoms with Crippen molar-refractivity contribution in [2.75, 3.05) is 11.1 Å². The van der Waals surface area contributed by atoms with Crippen LogP contribution in [0.25, 0.3) is 0 Å². The Morgan fingerprint density at radius 1 is 1.06 bits per heavy atom. The molecule has 0 aliphatic rings. The van der Waals surface area contributed by atoms with Gasteiger partial charge in [0.2, 0.25) is 0 Å². The lowest BCUT2D eigenvalue weighted by molar-refractivity contribution is 0.580. The third-order valence-electron chi connectivity index (χ3n) is 2.26.